The lowest BCUT2D eigenvalue weighted by atomic mass is 9.98. The summed E-state index contributed by atoms with van der Waals surface area (Å²) >= 11 is 0. The highest BCUT2D eigenvalue weighted by molar-refractivity contribution is 5.84. The van der Waals surface area contributed by atoms with E-state index < -0.39 is 6.09 Å². The summed E-state index contributed by atoms with van der Waals surface area (Å²) in [5.74, 6) is 1.02. The second kappa shape index (κ2) is 10.0. The first-order valence-electron chi connectivity index (χ1n) is 10.6. The lowest BCUT2D eigenvalue weighted by Crippen LogP contribution is -2.26. The molecule has 1 aliphatic carbocycles. The molecule has 1 aliphatic rings. The highest BCUT2D eigenvalue weighted by atomic mass is 16.5. The third kappa shape index (κ3) is 4.60. The van der Waals surface area contributed by atoms with Gasteiger partial charge in [0, 0.05) is 18.0 Å². The lowest BCUT2D eigenvalue weighted by molar-refractivity contribution is 0.112. The summed E-state index contributed by atoms with van der Waals surface area (Å²) in [6.07, 6.45) is 3.75. The van der Waals surface area contributed by atoms with Gasteiger partial charge in [0.1, 0.15) is 6.61 Å². The molecule has 6 nitrogen and oxygen atoms in total. The Hall–Kier alpha value is -4.06. The smallest absolute Gasteiger partial charge is 0.407 e. The molecule has 0 aliphatic heterocycles. The topological polar surface area (TPSA) is 73.9 Å². The molecule has 4 rings (SSSR count). The summed E-state index contributed by atoms with van der Waals surface area (Å²) < 4.78 is 16.0. The summed E-state index contributed by atoms with van der Waals surface area (Å²) in [6.45, 7) is 0.512. The van der Waals surface area contributed by atoms with E-state index in [1.54, 1.807) is 24.3 Å². The van der Waals surface area contributed by atoms with Gasteiger partial charge in [0.2, 0.25) is 0 Å². The summed E-state index contributed by atoms with van der Waals surface area (Å²) in [5.41, 5.74) is 5.83. The largest absolute Gasteiger partial charge is 0.493 e. The Kier molecular flexibility index (Phi) is 6.74. The maximum atomic E-state index is 12.3. The number of hydrogen-bond acceptors (Lipinski definition) is 5. The van der Waals surface area contributed by atoms with E-state index in [-0.39, 0.29) is 19.1 Å². The number of methoxy groups -OCH3 is 2. The third-order valence-electron chi connectivity index (χ3n) is 5.72. The molecule has 0 spiro atoms. The molecule has 33 heavy (non-hydrogen) atoms. The third-order valence-corrected chi connectivity index (χ3v) is 5.72. The van der Waals surface area contributed by atoms with E-state index in [1.165, 1.54) is 36.5 Å². The molecular formula is C27H25NO5. The Labute approximate surface area is 192 Å². The van der Waals surface area contributed by atoms with Gasteiger partial charge in [-0.2, -0.15) is 0 Å². The van der Waals surface area contributed by atoms with Crippen molar-refractivity contribution in [1.82, 2.24) is 5.32 Å². The Balaban J connectivity index is 1.36. The van der Waals surface area contributed by atoms with E-state index in [1.807, 2.05) is 24.3 Å². The van der Waals surface area contributed by atoms with Crippen LogP contribution in [0.3, 0.4) is 0 Å². The SMILES string of the molecule is COc1cc(C=O)c(C=CCNC(=O)OCC2c3ccccc3-c3ccccc32)cc1OC. The number of benzene rings is 3. The standard InChI is InChI=1S/C27H25NO5/c1-31-25-14-18(19(16-29)15-26(25)32-2)8-7-13-28-27(30)33-17-24-22-11-5-3-9-20(22)21-10-4-6-12-23(21)24/h3-12,14-16,24H,13,17H2,1-2H3,(H,28,30). The van der Waals surface area contributed by atoms with Gasteiger partial charge in [0.25, 0.3) is 0 Å². The van der Waals surface area contributed by atoms with Crippen LogP contribution in [0.4, 0.5) is 4.79 Å². The van der Waals surface area contributed by atoms with Crippen LogP contribution < -0.4 is 14.8 Å². The molecule has 168 valence electrons. The van der Waals surface area contributed by atoms with Crippen molar-refractivity contribution in [2.24, 2.45) is 0 Å². The number of alkyl carbamates (subject to hydrolysis) is 1. The summed E-state index contributed by atoms with van der Waals surface area (Å²) in [7, 11) is 3.05. The van der Waals surface area contributed by atoms with Crippen LogP contribution in [0.25, 0.3) is 17.2 Å². The zero-order valence-corrected chi connectivity index (χ0v) is 18.5. The Morgan fingerprint density at radius 2 is 1.48 bits per heavy atom. The minimum Gasteiger partial charge on any atom is -0.493 e. The lowest BCUT2D eigenvalue weighted by Gasteiger charge is -2.14. The van der Waals surface area contributed by atoms with E-state index in [4.69, 9.17) is 14.2 Å². The quantitative estimate of drug-likeness (QED) is 0.492. The highest BCUT2D eigenvalue weighted by Crippen LogP contribution is 2.44. The van der Waals surface area contributed by atoms with Gasteiger partial charge in [0.05, 0.1) is 14.2 Å². The van der Waals surface area contributed by atoms with Gasteiger partial charge in [-0.25, -0.2) is 4.79 Å². The van der Waals surface area contributed by atoms with Gasteiger partial charge in [-0.3, -0.25) is 4.79 Å². The van der Waals surface area contributed by atoms with Crippen molar-refractivity contribution in [3.8, 4) is 22.6 Å². The molecule has 0 saturated heterocycles. The maximum Gasteiger partial charge on any atom is 0.407 e. The predicted octanol–water partition coefficient (Wildman–Crippen LogP) is 5.07. The zero-order chi connectivity index (χ0) is 23.2. The monoisotopic (exact) mass is 443 g/mol. The van der Waals surface area contributed by atoms with E-state index >= 15 is 0 Å². The van der Waals surface area contributed by atoms with Gasteiger partial charge in [0.15, 0.2) is 17.8 Å². The Morgan fingerprint density at radius 3 is 2.06 bits per heavy atom. The van der Waals surface area contributed by atoms with Crippen molar-refractivity contribution in [3.05, 3.63) is 89.0 Å². The molecule has 0 radical (unpaired) electrons. The molecule has 6 heteroatoms. The van der Waals surface area contributed by atoms with Crippen LogP contribution in [-0.4, -0.2) is 39.8 Å². The van der Waals surface area contributed by atoms with Gasteiger partial charge < -0.3 is 19.5 Å². The number of carbonyl (C=O) groups excluding carboxylic acids is 2. The van der Waals surface area contributed by atoms with E-state index in [9.17, 15) is 9.59 Å². The van der Waals surface area contributed by atoms with Crippen LogP contribution in [0.5, 0.6) is 11.5 Å². The van der Waals surface area contributed by atoms with Crippen molar-refractivity contribution in [3.63, 3.8) is 0 Å². The molecule has 3 aromatic carbocycles. The molecule has 0 bridgehead atoms. The van der Waals surface area contributed by atoms with Crippen molar-refractivity contribution in [2.75, 3.05) is 27.4 Å². The number of carbonyl (C=O) groups is 2. The highest BCUT2D eigenvalue weighted by Gasteiger charge is 2.28. The van der Waals surface area contributed by atoms with Crippen molar-refractivity contribution < 1.29 is 23.8 Å². The molecule has 1 amide bonds. The number of rotatable bonds is 8. The van der Waals surface area contributed by atoms with Crippen molar-refractivity contribution >= 4 is 18.5 Å². The van der Waals surface area contributed by atoms with Gasteiger partial charge in [-0.15, -0.1) is 0 Å². The first-order chi connectivity index (χ1) is 16.2. The molecular weight excluding hydrogens is 418 g/mol. The number of nitrogens with one attached hydrogen (secondary N) is 1. The van der Waals surface area contributed by atoms with Gasteiger partial charge in [-0.1, -0.05) is 60.7 Å². The van der Waals surface area contributed by atoms with E-state index in [0.29, 0.717) is 22.6 Å². The minimum atomic E-state index is -0.496. The van der Waals surface area contributed by atoms with Crippen LogP contribution in [0.15, 0.2) is 66.7 Å². The first-order valence-corrected chi connectivity index (χ1v) is 10.6. The molecule has 0 fully saturated rings. The molecule has 0 unspecified atom stereocenters. The Morgan fingerprint density at radius 1 is 0.909 bits per heavy atom. The van der Waals surface area contributed by atoms with E-state index in [2.05, 4.69) is 29.6 Å². The minimum absolute atomic E-state index is 0.0144. The van der Waals surface area contributed by atoms with Crippen LogP contribution in [0, 0.1) is 0 Å². The van der Waals surface area contributed by atoms with Crippen molar-refractivity contribution in [1.29, 1.82) is 0 Å². The molecule has 0 aromatic heterocycles. The fourth-order valence-corrected chi connectivity index (χ4v) is 4.13. The average molecular weight is 443 g/mol. The molecule has 0 saturated carbocycles. The fraction of sp³-hybridized carbons (Fsp3) is 0.185. The molecule has 0 heterocycles. The Bertz CT molecular complexity index is 1160. The van der Waals surface area contributed by atoms with Crippen LogP contribution >= 0.6 is 0 Å². The maximum absolute atomic E-state index is 12.3. The summed E-state index contributed by atoms with van der Waals surface area (Å²) in [6, 6.07) is 19.7. The fourth-order valence-electron chi connectivity index (χ4n) is 4.13. The van der Waals surface area contributed by atoms with Gasteiger partial charge >= 0.3 is 6.09 Å². The van der Waals surface area contributed by atoms with E-state index in [0.717, 1.165) is 6.29 Å². The zero-order valence-electron chi connectivity index (χ0n) is 18.5. The second-order valence-corrected chi connectivity index (χ2v) is 7.56. The normalized spacial score (nSPS) is 12.2. The van der Waals surface area contributed by atoms with Crippen LogP contribution in [0.1, 0.15) is 33.0 Å². The summed E-state index contributed by atoms with van der Waals surface area (Å²) in [4.78, 5) is 23.7. The molecule has 1 N–H and O–H groups in total. The first kappa shape index (κ1) is 22.1. The molecule has 3 aromatic rings. The number of hydrogen-bond donors (Lipinski definition) is 1. The number of ether oxygens (including phenoxy) is 3. The number of aldehydes is 1. The molecule has 0 atom stereocenters. The average Bonchev–Trinajstić information content (AvgIpc) is 3.18. The van der Waals surface area contributed by atoms with Crippen LogP contribution in [-0.2, 0) is 4.74 Å². The predicted molar refractivity (Wildman–Crippen MR) is 127 cm³/mol. The second-order valence-electron chi connectivity index (χ2n) is 7.56. The number of fused-ring (bicyclic) bond motifs is 3. The summed E-state index contributed by atoms with van der Waals surface area (Å²) in [5, 5.41) is 2.72. The van der Waals surface area contributed by atoms with Crippen LogP contribution in [0.2, 0.25) is 0 Å². The number of amides is 1. The van der Waals surface area contributed by atoms with Crippen molar-refractivity contribution in [2.45, 2.75) is 5.92 Å². The van der Waals surface area contributed by atoms with Gasteiger partial charge in [-0.05, 0) is 39.9 Å².